The van der Waals surface area contributed by atoms with Gasteiger partial charge in [-0.2, -0.15) is 5.23 Å². The molecule has 5 nitrogen and oxygen atoms in total. The molecule has 1 aromatic rings. The van der Waals surface area contributed by atoms with E-state index in [0.717, 1.165) is 0 Å². The maximum Gasteiger partial charge on any atom is 0.164 e. The zero-order chi connectivity index (χ0) is 13.8. The number of aliphatic hydroxyl groups is 1. The number of ether oxygens (including phenoxy) is 1. The van der Waals surface area contributed by atoms with E-state index >= 15 is 0 Å². The van der Waals surface area contributed by atoms with Crippen LogP contribution in [0.3, 0.4) is 0 Å². The smallest absolute Gasteiger partial charge is 0.164 e. The van der Waals surface area contributed by atoms with Crippen molar-refractivity contribution in [2.45, 2.75) is 33.3 Å². The molecule has 5 heteroatoms. The third-order valence-electron chi connectivity index (χ3n) is 2.39. The third-order valence-corrected chi connectivity index (χ3v) is 2.39. The van der Waals surface area contributed by atoms with E-state index in [2.05, 4.69) is 20.8 Å². The van der Waals surface area contributed by atoms with Gasteiger partial charge in [-0.15, -0.1) is 0 Å². The van der Waals surface area contributed by atoms with E-state index in [-0.39, 0.29) is 17.7 Å². The van der Waals surface area contributed by atoms with E-state index in [9.17, 15) is 10.3 Å². The summed E-state index contributed by atoms with van der Waals surface area (Å²) in [5, 5.41) is 28.2. The van der Waals surface area contributed by atoms with Gasteiger partial charge in [0.1, 0.15) is 12.4 Å². The van der Waals surface area contributed by atoms with Gasteiger partial charge < -0.3 is 15.1 Å². The van der Waals surface area contributed by atoms with Crippen LogP contribution in [0.2, 0.25) is 0 Å². The van der Waals surface area contributed by atoms with Crippen LogP contribution < -0.4 is 9.96 Å². The quantitative estimate of drug-likeness (QED) is 0.692. The van der Waals surface area contributed by atoms with Gasteiger partial charge >= 0.3 is 0 Å². The molecule has 0 amide bonds. The molecule has 0 radical (unpaired) electrons. The van der Waals surface area contributed by atoms with Gasteiger partial charge in [-0.25, -0.2) is 5.21 Å². The van der Waals surface area contributed by atoms with Crippen LogP contribution in [0.5, 0.6) is 5.75 Å². The molecule has 0 saturated carbocycles. The Hall–Kier alpha value is -1.14. The van der Waals surface area contributed by atoms with E-state index in [4.69, 9.17) is 9.94 Å². The maximum absolute atomic E-state index is 10.7. The minimum absolute atomic E-state index is 0.0515. The molecule has 0 spiro atoms. The van der Waals surface area contributed by atoms with Crippen LogP contribution in [0.4, 0.5) is 5.69 Å². The summed E-state index contributed by atoms with van der Waals surface area (Å²) in [7, 11) is 0. The van der Waals surface area contributed by atoms with Crippen molar-refractivity contribution >= 4 is 5.69 Å². The molecule has 3 N–H and O–H groups in total. The Balaban J connectivity index is 2.44. The zero-order valence-corrected chi connectivity index (χ0v) is 11.0. The van der Waals surface area contributed by atoms with Crippen molar-refractivity contribution in [2.75, 3.05) is 6.61 Å². The lowest BCUT2D eigenvalue weighted by molar-refractivity contribution is -0.991. The number of hydrogen-bond donors (Lipinski definition) is 3. The number of hydrogen-bond acceptors (Lipinski definition) is 4. The molecular weight excluding hydrogens is 234 g/mol. The number of nitrogens with one attached hydrogen (secondary N) is 1. The van der Waals surface area contributed by atoms with Crippen molar-refractivity contribution < 1.29 is 20.3 Å². The Kier molecular flexibility index (Phi) is 5.10. The van der Waals surface area contributed by atoms with Crippen LogP contribution in [0.1, 0.15) is 27.2 Å². The maximum atomic E-state index is 10.7. The second-order valence-corrected chi connectivity index (χ2v) is 5.56. The summed E-state index contributed by atoms with van der Waals surface area (Å²) in [5.74, 6) is 0.563. The van der Waals surface area contributed by atoms with Crippen LogP contribution in [0.25, 0.3) is 0 Å². The van der Waals surface area contributed by atoms with E-state index in [1.54, 1.807) is 12.1 Å². The van der Waals surface area contributed by atoms with E-state index in [0.29, 0.717) is 12.2 Å². The van der Waals surface area contributed by atoms with Gasteiger partial charge in [0.2, 0.25) is 0 Å². The fourth-order valence-corrected chi connectivity index (χ4v) is 1.65. The molecule has 0 fully saturated rings. The average Bonchev–Trinajstić information content (AvgIpc) is 2.24. The number of benzene rings is 1. The highest BCUT2D eigenvalue weighted by Gasteiger charge is 2.17. The summed E-state index contributed by atoms with van der Waals surface area (Å²) in [6.45, 7) is 6.37. The summed E-state index contributed by atoms with van der Waals surface area (Å²) >= 11 is 0. The highest BCUT2D eigenvalue weighted by molar-refractivity contribution is 5.35. The fourth-order valence-electron chi connectivity index (χ4n) is 1.65. The molecule has 0 aliphatic carbocycles. The van der Waals surface area contributed by atoms with Gasteiger partial charge in [0, 0.05) is 12.1 Å². The summed E-state index contributed by atoms with van der Waals surface area (Å²) in [5.41, 5.74) is 0.272. The number of aliphatic hydroxyl groups excluding tert-OH is 1. The largest absolute Gasteiger partial charge is 0.595 e. The summed E-state index contributed by atoms with van der Waals surface area (Å²) < 4.78 is 5.41. The molecule has 0 saturated heterocycles. The third kappa shape index (κ3) is 5.46. The molecule has 102 valence electrons. The van der Waals surface area contributed by atoms with Crippen molar-refractivity contribution in [3.05, 3.63) is 29.5 Å². The van der Waals surface area contributed by atoms with Crippen LogP contribution >= 0.6 is 0 Å². The first-order valence-corrected chi connectivity index (χ1v) is 5.92. The average molecular weight is 255 g/mol. The Bertz CT molecular complexity index is 356. The van der Waals surface area contributed by atoms with Crippen molar-refractivity contribution in [2.24, 2.45) is 5.41 Å². The highest BCUT2D eigenvalue weighted by Crippen LogP contribution is 2.21. The Morgan fingerprint density at radius 3 is 2.28 bits per heavy atom. The van der Waals surface area contributed by atoms with Gasteiger partial charge in [0.05, 0.1) is 6.10 Å². The van der Waals surface area contributed by atoms with Crippen LogP contribution in [0, 0.1) is 10.6 Å². The van der Waals surface area contributed by atoms with Crippen LogP contribution in [0.15, 0.2) is 24.3 Å². The molecule has 0 aliphatic heterocycles. The van der Waals surface area contributed by atoms with Crippen LogP contribution in [-0.4, -0.2) is 23.0 Å². The molecule has 0 aliphatic rings. The lowest BCUT2D eigenvalue weighted by Crippen LogP contribution is -2.99. The molecule has 2 unspecified atom stereocenters. The van der Waals surface area contributed by atoms with Gasteiger partial charge in [-0.05, 0) is 24.0 Å². The van der Waals surface area contributed by atoms with Crippen molar-refractivity contribution in [3.8, 4) is 5.75 Å². The van der Waals surface area contributed by atoms with E-state index < -0.39 is 11.3 Å². The molecule has 0 heterocycles. The first-order valence-electron chi connectivity index (χ1n) is 5.92. The standard InChI is InChI=1S/C13H21NO4/c1-13(2,3)8-11(15)9-18-12-6-4-10(5-7-12)14(16)17/h4-7,11,14-16H,8-9H2,1-3H3. The predicted octanol–water partition coefficient (Wildman–Crippen LogP) is 1.27. The molecule has 0 aromatic heterocycles. The Morgan fingerprint density at radius 1 is 1.28 bits per heavy atom. The molecule has 18 heavy (non-hydrogen) atoms. The number of quaternary nitrogens is 1. The van der Waals surface area contributed by atoms with Gasteiger partial charge in [-0.3, -0.25) is 0 Å². The van der Waals surface area contributed by atoms with Crippen molar-refractivity contribution in [1.29, 1.82) is 0 Å². The predicted molar refractivity (Wildman–Crippen MR) is 67.8 cm³/mol. The monoisotopic (exact) mass is 255 g/mol. The molecular formula is C13H21NO4. The second-order valence-electron chi connectivity index (χ2n) is 5.56. The van der Waals surface area contributed by atoms with Gasteiger partial charge in [-0.1, -0.05) is 20.8 Å². The molecule has 0 bridgehead atoms. The summed E-state index contributed by atoms with van der Waals surface area (Å²) in [6, 6.07) is 6.14. The minimum Gasteiger partial charge on any atom is -0.595 e. The Labute approximate surface area is 107 Å². The zero-order valence-electron chi connectivity index (χ0n) is 11.0. The van der Waals surface area contributed by atoms with E-state index in [1.165, 1.54) is 12.1 Å². The molecule has 2 atom stereocenters. The topological polar surface area (TPSA) is 77.2 Å². The summed E-state index contributed by atoms with van der Waals surface area (Å²) in [4.78, 5) is 0. The Morgan fingerprint density at radius 2 is 1.83 bits per heavy atom. The van der Waals surface area contributed by atoms with E-state index in [1.807, 2.05) is 0 Å². The molecule has 1 rings (SSSR count). The highest BCUT2D eigenvalue weighted by atomic mass is 16.8. The van der Waals surface area contributed by atoms with Gasteiger partial charge in [0.15, 0.2) is 5.69 Å². The van der Waals surface area contributed by atoms with Crippen LogP contribution in [-0.2, 0) is 0 Å². The van der Waals surface area contributed by atoms with Crippen molar-refractivity contribution in [3.63, 3.8) is 0 Å². The normalized spacial score (nSPS) is 15.2. The van der Waals surface area contributed by atoms with Gasteiger partial charge in [0.25, 0.3) is 0 Å². The first kappa shape index (κ1) is 14.9. The van der Waals surface area contributed by atoms with Crippen molar-refractivity contribution in [1.82, 2.24) is 0 Å². The molecule has 1 aromatic carbocycles. The SMILES string of the molecule is CC(C)(C)CC(O)COc1ccc([NH+]([O-])O)cc1. The summed E-state index contributed by atoms with van der Waals surface area (Å²) in [6.07, 6.45) is 0.129. The first-order chi connectivity index (χ1) is 8.28. The lowest BCUT2D eigenvalue weighted by Gasteiger charge is -2.22. The fraction of sp³-hybridized carbons (Fsp3) is 0.538. The second kappa shape index (κ2) is 6.15. The minimum atomic E-state index is -0.964. The lowest BCUT2D eigenvalue weighted by atomic mass is 9.89. The number of rotatable bonds is 5.